The predicted molar refractivity (Wildman–Crippen MR) is 85.6 cm³/mol. The van der Waals surface area contributed by atoms with E-state index in [1.165, 1.54) is 0 Å². The number of rotatable bonds is 2. The SMILES string of the molecule is Oc1nc(N2CCNCC2)[nH]c1C=C1C=Nc2ncccc21. The maximum atomic E-state index is 10.1. The van der Waals surface area contributed by atoms with E-state index in [9.17, 15) is 5.11 Å². The minimum Gasteiger partial charge on any atom is -0.492 e. The van der Waals surface area contributed by atoms with Gasteiger partial charge >= 0.3 is 0 Å². The summed E-state index contributed by atoms with van der Waals surface area (Å²) >= 11 is 0. The average molecular weight is 296 g/mol. The standard InChI is InChI=1S/C15H16N6O/c22-14-12(19-15(20-14)21-6-4-16-5-7-21)8-10-9-18-13-11(10)2-1-3-17-13/h1-3,8-9,16,22H,4-7H2,(H,19,20). The number of nitrogens with zero attached hydrogens (tertiary/aromatic N) is 4. The van der Waals surface area contributed by atoms with Crippen LogP contribution in [-0.2, 0) is 0 Å². The minimum absolute atomic E-state index is 0.00627. The molecule has 0 aromatic carbocycles. The molecule has 0 amide bonds. The van der Waals surface area contributed by atoms with Gasteiger partial charge < -0.3 is 20.3 Å². The lowest BCUT2D eigenvalue weighted by atomic mass is 10.1. The summed E-state index contributed by atoms with van der Waals surface area (Å²) in [6.07, 6.45) is 5.32. The van der Waals surface area contributed by atoms with Crippen molar-refractivity contribution in [1.82, 2.24) is 20.3 Å². The van der Waals surface area contributed by atoms with E-state index in [1.54, 1.807) is 12.4 Å². The third kappa shape index (κ3) is 2.25. The van der Waals surface area contributed by atoms with Gasteiger partial charge in [0.1, 0.15) is 5.69 Å². The fourth-order valence-corrected chi connectivity index (χ4v) is 2.69. The minimum atomic E-state index is 0.00627. The van der Waals surface area contributed by atoms with Crippen LogP contribution in [0.25, 0.3) is 11.6 Å². The molecule has 0 atom stereocenters. The van der Waals surface area contributed by atoms with Gasteiger partial charge in [0, 0.05) is 49.7 Å². The summed E-state index contributed by atoms with van der Waals surface area (Å²) in [7, 11) is 0. The maximum Gasteiger partial charge on any atom is 0.238 e. The predicted octanol–water partition coefficient (Wildman–Crippen LogP) is 1.18. The Morgan fingerprint density at radius 1 is 1.27 bits per heavy atom. The van der Waals surface area contributed by atoms with Crippen molar-refractivity contribution in [1.29, 1.82) is 0 Å². The first kappa shape index (κ1) is 13.0. The summed E-state index contributed by atoms with van der Waals surface area (Å²) < 4.78 is 0. The van der Waals surface area contributed by atoms with Gasteiger partial charge in [-0.3, -0.25) is 0 Å². The van der Waals surface area contributed by atoms with Crippen LogP contribution in [0.1, 0.15) is 11.3 Å². The molecular formula is C15H16N6O. The Labute approximate surface area is 127 Å². The van der Waals surface area contributed by atoms with Crippen molar-refractivity contribution in [3.63, 3.8) is 0 Å². The molecule has 7 nitrogen and oxygen atoms in total. The number of aliphatic imine (C=N–C) groups is 1. The number of fused-ring (bicyclic) bond motifs is 1. The molecule has 0 aliphatic carbocycles. The highest BCUT2D eigenvalue weighted by molar-refractivity contribution is 6.20. The number of aromatic nitrogens is 3. The van der Waals surface area contributed by atoms with Gasteiger partial charge in [-0.25, -0.2) is 9.98 Å². The molecule has 2 aromatic rings. The molecule has 2 aliphatic rings. The number of hydrogen-bond acceptors (Lipinski definition) is 6. The monoisotopic (exact) mass is 296 g/mol. The molecule has 0 unspecified atom stereocenters. The van der Waals surface area contributed by atoms with Crippen LogP contribution >= 0.6 is 0 Å². The molecule has 2 aromatic heterocycles. The van der Waals surface area contributed by atoms with E-state index >= 15 is 0 Å². The zero-order chi connectivity index (χ0) is 14.9. The van der Waals surface area contributed by atoms with Gasteiger partial charge in [0.05, 0.1) is 0 Å². The fourth-order valence-electron chi connectivity index (χ4n) is 2.69. The number of aromatic amines is 1. The number of anilines is 1. The van der Waals surface area contributed by atoms with Crippen molar-refractivity contribution in [2.24, 2.45) is 4.99 Å². The zero-order valence-corrected chi connectivity index (χ0v) is 12.0. The van der Waals surface area contributed by atoms with Crippen molar-refractivity contribution < 1.29 is 5.11 Å². The number of allylic oxidation sites excluding steroid dienone is 1. The van der Waals surface area contributed by atoms with Gasteiger partial charge in [0.2, 0.25) is 11.8 Å². The topological polar surface area (TPSA) is 89.4 Å². The molecule has 0 saturated carbocycles. The molecular weight excluding hydrogens is 280 g/mol. The van der Waals surface area contributed by atoms with Crippen LogP contribution < -0.4 is 10.2 Å². The van der Waals surface area contributed by atoms with Crippen molar-refractivity contribution in [3.8, 4) is 5.88 Å². The highest BCUT2D eigenvalue weighted by Gasteiger charge is 2.18. The first-order chi connectivity index (χ1) is 10.8. The van der Waals surface area contributed by atoms with E-state index < -0.39 is 0 Å². The van der Waals surface area contributed by atoms with E-state index in [0.717, 1.165) is 37.3 Å². The highest BCUT2D eigenvalue weighted by Crippen LogP contribution is 2.31. The van der Waals surface area contributed by atoms with Crippen LogP contribution in [0.3, 0.4) is 0 Å². The number of aromatic hydroxyl groups is 1. The van der Waals surface area contributed by atoms with Crippen LogP contribution in [0.15, 0.2) is 23.3 Å². The van der Waals surface area contributed by atoms with Crippen LogP contribution in [0.4, 0.5) is 11.8 Å². The van der Waals surface area contributed by atoms with Crippen LogP contribution in [0, 0.1) is 0 Å². The summed E-state index contributed by atoms with van der Waals surface area (Å²) in [5, 5.41) is 13.4. The fraction of sp³-hybridized carbons (Fsp3) is 0.267. The Morgan fingerprint density at radius 2 is 2.14 bits per heavy atom. The molecule has 4 heterocycles. The number of hydrogen-bond donors (Lipinski definition) is 3. The van der Waals surface area contributed by atoms with Gasteiger partial charge in [0.15, 0.2) is 5.82 Å². The number of pyridine rings is 1. The maximum absolute atomic E-state index is 10.1. The van der Waals surface area contributed by atoms with Gasteiger partial charge in [0.25, 0.3) is 0 Å². The Morgan fingerprint density at radius 3 is 3.00 bits per heavy atom. The number of nitrogens with one attached hydrogen (secondary N) is 2. The van der Waals surface area contributed by atoms with Gasteiger partial charge in [-0.2, -0.15) is 4.98 Å². The smallest absolute Gasteiger partial charge is 0.238 e. The van der Waals surface area contributed by atoms with Crippen LogP contribution in [-0.4, -0.2) is 52.5 Å². The number of imidazole rings is 1. The third-order valence-corrected chi connectivity index (χ3v) is 3.84. The second-order valence-electron chi connectivity index (χ2n) is 5.27. The first-order valence-corrected chi connectivity index (χ1v) is 7.27. The largest absolute Gasteiger partial charge is 0.492 e. The highest BCUT2D eigenvalue weighted by atomic mass is 16.3. The number of H-pyrrole nitrogens is 1. The molecule has 0 spiro atoms. The lowest BCUT2D eigenvalue weighted by Gasteiger charge is -2.26. The molecule has 112 valence electrons. The molecule has 4 rings (SSSR count). The van der Waals surface area contributed by atoms with E-state index in [-0.39, 0.29) is 5.88 Å². The molecule has 1 fully saturated rings. The van der Waals surface area contributed by atoms with E-state index in [4.69, 9.17) is 0 Å². The van der Waals surface area contributed by atoms with Gasteiger partial charge in [-0.15, -0.1) is 0 Å². The van der Waals surface area contributed by atoms with Crippen molar-refractivity contribution in [2.75, 3.05) is 31.1 Å². The first-order valence-electron chi connectivity index (χ1n) is 7.27. The Hall–Kier alpha value is -2.67. The Bertz CT molecular complexity index is 757. The summed E-state index contributed by atoms with van der Waals surface area (Å²) in [4.78, 5) is 18.0. The average Bonchev–Trinajstić information content (AvgIpc) is 3.13. The summed E-state index contributed by atoms with van der Waals surface area (Å²) in [6.45, 7) is 3.58. The molecule has 3 N–H and O–H groups in total. The van der Waals surface area contributed by atoms with Crippen molar-refractivity contribution >= 4 is 29.6 Å². The number of piperazine rings is 1. The molecule has 7 heteroatoms. The van der Waals surface area contributed by atoms with Crippen LogP contribution in [0.5, 0.6) is 5.88 Å². The lowest BCUT2D eigenvalue weighted by molar-refractivity contribution is 0.454. The zero-order valence-electron chi connectivity index (χ0n) is 12.0. The van der Waals surface area contributed by atoms with E-state index in [2.05, 4.69) is 30.2 Å². The Kier molecular flexibility index (Phi) is 3.12. The molecule has 0 bridgehead atoms. The van der Waals surface area contributed by atoms with E-state index in [0.29, 0.717) is 17.5 Å². The van der Waals surface area contributed by atoms with Crippen LogP contribution in [0.2, 0.25) is 0 Å². The third-order valence-electron chi connectivity index (χ3n) is 3.84. The van der Waals surface area contributed by atoms with Crippen molar-refractivity contribution in [3.05, 3.63) is 29.6 Å². The quantitative estimate of drug-likeness (QED) is 0.774. The normalized spacial score (nSPS) is 18.9. The Balaban J connectivity index is 1.65. The van der Waals surface area contributed by atoms with Gasteiger partial charge in [-0.1, -0.05) is 0 Å². The summed E-state index contributed by atoms with van der Waals surface area (Å²) in [5.74, 6) is 1.41. The molecule has 1 saturated heterocycles. The second-order valence-corrected chi connectivity index (χ2v) is 5.27. The second kappa shape index (κ2) is 5.27. The lowest BCUT2D eigenvalue weighted by Crippen LogP contribution is -2.44. The van der Waals surface area contributed by atoms with Gasteiger partial charge in [-0.05, 0) is 18.2 Å². The summed E-state index contributed by atoms with van der Waals surface area (Å²) in [5.41, 5.74) is 2.46. The summed E-state index contributed by atoms with van der Waals surface area (Å²) in [6, 6.07) is 3.84. The molecule has 22 heavy (non-hydrogen) atoms. The molecule has 0 radical (unpaired) electrons. The van der Waals surface area contributed by atoms with Crippen molar-refractivity contribution in [2.45, 2.75) is 0 Å². The van der Waals surface area contributed by atoms with E-state index in [1.807, 2.05) is 18.2 Å². The molecule has 2 aliphatic heterocycles.